The molecule has 19 heavy (non-hydrogen) atoms. The molecule has 0 saturated heterocycles. The lowest BCUT2D eigenvalue weighted by molar-refractivity contribution is 0.111. The summed E-state index contributed by atoms with van der Waals surface area (Å²) >= 11 is 4.81. The summed E-state index contributed by atoms with van der Waals surface area (Å²) in [4.78, 5) is 20.0. The third kappa shape index (κ3) is 2.29. The molecule has 0 bridgehead atoms. The van der Waals surface area contributed by atoms with Gasteiger partial charge in [0.25, 0.3) is 0 Å². The van der Waals surface area contributed by atoms with Crippen molar-refractivity contribution in [3.05, 3.63) is 52.9 Å². The maximum Gasteiger partial charge on any atom is 0.169 e. The summed E-state index contributed by atoms with van der Waals surface area (Å²) in [5, 5.41) is 1.44. The van der Waals surface area contributed by atoms with Crippen molar-refractivity contribution >= 4 is 39.6 Å². The largest absolute Gasteiger partial charge is 0.296 e. The lowest BCUT2D eigenvalue weighted by Gasteiger charge is -2.00. The van der Waals surface area contributed by atoms with Crippen LogP contribution in [0.5, 0.6) is 0 Å². The topological polar surface area (TPSA) is 47.3 Å². The smallest absolute Gasteiger partial charge is 0.169 e. The van der Waals surface area contributed by atoms with Gasteiger partial charge in [0.1, 0.15) is 21.4 Å². The highest BCUT2D eigenvalue weighted by atomic mass is 79.9. The molecule has 0 atom stereocenters. The third-order valence-electron chi connectivity index (χ3n) is 2.56. The Morgan fingerprint density at radius 2 is 2.11 bits per heavy atom. The number of fused-ring (bicyclic) bond motifs is 1. The van der Waals surface area contributed by atoms with Crippen molar-refractivity contribution in [3.63, 3.8) is 0 Å². The molecule has 0 radical (unpaired) electrons. The van der Waals surface area contributed by atoms with Crippen LogP contribution in [0.4, 0.5) is 0 Å². The van der Waals surface area contributed by atoms with Gasteiger partial charge in [0.2, 0.25) is 0 Å². The first-order valence-electron chi connectivity index (χ1n) is 5.50. The van der Waals surface area contributed by atoms with Crippen LogP contribution >= 0.6 is 27.7 Å². The molecule has 0 aromatic carbocycles. The van der Waals surface area contributed by atoms with Gasteiger partial charge in [0.05, 0.1) is 4.47 Å². The minimum Gasteiger partial charge on any atom is -0.296 e. The summed E-state index contributed by atoms with van der Waals surface area (Å²) in [5.41, 5.74) is 1.29. The first-order chi connectivity index (χ1) is 9.29. The minimum atomic E-state index is 0.540. The fraction of sp³-hybridized carbons (Fsp3) is 0. The van der Waals surface area contributed by atoms with Gasteiger partial charge < -0.3 is 0 Å². The molecule has 6 heteroatoms. The Labute approximate surface area is 122 Å². The Bertz CT molecular complexity index is 756. The van der Waals surface area contributed by atoms with Crippen molar-refractivity contribution in [1.82, 2.24) is 14.4 Å². The first kappa shape index (κ1) is 12.4. The number of pyridine rings is 2. The number of halogens is 1. The zero-order chi connectivity index (χ0) is 13.2. The van der Waals surface area contributed by atoms with Gasteiger partial charge in [-0.05, 0) is 52.0 Å². The molecule has 0 aliphatic heterocycles. The fourth-order valence-electron chi connectivity index (χ4n) is 1.71. The Morgan fingerprint density at radius 3 is 2.89 bits per heavy atom. The molecule has 4 nitrogen and oxygen atoms in total. The standard InChI is InChI=1S/C13H8BrN3OS/c14-9-4-3-6-15-12(9)19-13-10(8-18)17-7-2-1-5-11(17)16-13/h1-8H. The normalized spacial score (nSPS) is 10.8. The van der Waals surface area contributed by atoms with E-state index < -0.39 is 0 Å². The Morgan fingerprint density at radius 1 is 1.21 bits per heavy atom. The fourth-order valence-corrected chi connectivity index (χ4v) is 3.06. The molecule has 0 spiro atoms. The summed E-state index contributed by atoms with van der Waals surface area (Å²) in [7, 11) is 0. The van der Waals surface area contributed by atoms with Crippen LogP contribution < -0.4 is 0 Å². The zero-order valence-corrected chi connectivity index (χ0v) is 12.1. The molecule has 0 saturated carbocycles. The molecule has 0 aliphatic carbocycles. The minimum absolute atomic E-state index is 0.540. The molecule has 3 heterocycles. The van der Waals surface area contributed by atoms with Crippen LogP contribution in [-0.4, -0.2) is 20.7 Å². The van der Waals surface area contributed by atoms with Gasteiger partial charge in [-0.15, -0.1) is 0 Å². The number of aldehydes is 1. The molecule has 94 valence electrons. The van der Waals surface area contributed by atoms with Gasteiger partial charge in [0.15, 0.2) is 6.29 Å². The summed E-state index contributed by atoms with van der Waals surface area (Å²) < 4.78 is 2.65. The molecule has 0 amide bonds. The van der Waals surface area contributed by atoms with E-state index in [4.69, 9.17) is 0 Å². The van der Waals surface area contributed by atoms with E-state index in [1.54, 1.807) is 10.6 Å². The molecular formula is C13H8BrN3OS. The van der Waals surface area contributed by atoms with Crippen LogP contribution in [0.1, 0.15) is 10.5 Å². The molecule has 3 aromatic heterocycles. The van der Waals surface area contributed by atoms with Crippen LogP contribution in [0, 0.1) is 0 Å². The summed E-state index contributed by atoms with van der Waals surface area (Å²) in [5.74, 6) is 0. The Kier molecular flexibility index (Phi) is 3.35. The highest BCUT2D eigenvalue weighted by molar-refractivity contribution is 9.10. The maximum absolute atomic E-state index is 11.3. The van der Waals surface area contributed by atoms with Crippen LogP contribution in [0.3, 0.4) is 0 Å². The second kappa shape index (κ2) is 5.14. The van der Waals surface area contributed by atoms with E-state index in [1.807, 2.05) is 36.5 Å². The van der Waals surface area contributed by atoms with Crippen molar-refractivity contribution < 1.29 is 4.79 Å². The van der Waals surface area contributed by atoms with E-state index in [0.717, 1.165) is 21.4 Å². The van der Waals surface area contributed by atoms with Gasteiger partial charge in [0, 0.05) is 12.4 Å². The predicted octanol–water partition coefficient (Wildman–Crippen LogP) is 3.46. The molecule has 3 rings (SSSR count). The van der Waals surface area contributed by atoms with Gasteiger partial charge in [-0.2, -0.15) is 0 Å². The summed E-state index contributed by atoms with van der Waals surface area (Å²) in [6.07, 6.45) is 4.35. The van der Waals surface area contributed by atoms with Crippen LogP contribution in [0.2, 0.25) is 0 Å². The monoisotopic (exact) mass is 333 g/mol. The summed E-state index contributed by atoms with van der Waals surface area (Å²) in [6.45, 7) is 0. The molecule has 0 aliphatic rings. The van der Waals surface area contributed by atoms with Crippen molar-refractivity contribution in [2.45, 2.75) is 10.1 Å². The van der Waals surface area contributed by atoms with E-state index in [2.05, 4.69) is 25.9 Å². The van der Waals surface area contributed by atoms with Crippen molar-refractivity contribution in [1.29, 1.82) is 0 Å². The van der Waals surface area contributed by atoms with Gasteiger partial charge in [-0.1, -0.05) is 6.07 Å². The van der Waals surface area contributed by atoms with Crippen molar-refractivity contribution in [3.8, 4) is 0 Å². The SMILES string of the molecule is O=Cc1c(Sc2ncccc2Br)nc2ccccn12. The Balaban J connectivity index is 2.10. The lowest BCUT2D eigenvalue weighted by atomic mass is 10.4. The van der Waals surface area contributed by atoms with Gasteiger partial charge in [-0.25, -0.2) is 9.97 Å². The van der Waals surface area contributed by atoms with E-state index in [-0.39, 0.29) is 0 Å². The van der Waals surface area contributed by atoms with Crippen LogP contribution in [0.15, 0.2) is 57.3 Å². The Hall–Kier alpha value is -1.66. The van der Waals surface area contributed by atoms with E-state index in [0.29, 0.717) is 10.7 Å². The van der Waals surface area contributed by atoms with E-state index in [9.17, 15) is 4.79 Å². The first-order valence-corrected chi connectivity index (χ1v) is 7.11. The van der Waals surface area contributed by atoms with Crippen molar-refractivity contribution in [2.75, 3.05) is 0 Å². The number of nitrogens with zero attached hydrogens (tertiary/aromatic N) is 3. The number of aromatic nitrogens is 3. The number of carbonyl (C=O) groups is 1. The molecule has 0 fully saturated rings. The second-order valence-corrected chi connectivity index (χ2v) is 5.57. The lowest BCUT2D eigenvalue weighted by Crippen LogP contribution is -1.91. The van der Waals surface area contributed by atoms with Crippen LogP contribution in [0.25, 0.3) is 5.65 Å². The molecular weight excluding hydrogens is 326 g/mol. The van der Waals surface area contributed by atoms with E-state index >= 15 is 0 Å². The van der Waals surface area contributed by atoms with Crippen LogP contribution in [-0.2, 0) is 0 Å². The maximum atomic E-state index is 11.3. The summed E-state index contributed by atoms with van der Waals surface area (Å²) in [6, 6.07) is 9.38. The van der Waals surface area contributed by atoms with Gasteiger partial charge in [-0.3, -0.25) is 9.20 Å². The molecule has 0 N–H and O–H groups in total. The zero-order valence-electron chi connectivity index (χ0n) is 9.65. The number of hydrogen-bond donors (Lipinski definition) is 0. The predicted molar refractivity (Wildman–Crippen MR) is 76.6 cm³/mol. The average Bonchev–Trinajstić information content (AvgIpc) is 2.78. The molecule has 0 unspecified atom stereocenters. The van der Waals surface area contributed by atoms with Crippen molar-refractivity contribution in [2.24, 2.45) is 0 Å². The highest BCUT2D eigenvalue weighted by Gasteiger charge is 2.14. The average molecular weight is 334 g/mol. The number of imidazole rings is 1. The number of carbonyl (C=O) groups excluding carboxylic acids is 1. The van der Waals surface area contributed by atoms with Gasteiger partial charge >= 0.3 is 0 Å². The number of hydrogen-bond acceptors (Lipinski definition) is 4. The third-order valence-corrected chi connectivity index (χ3v) is 4.48. The number of rotatable bonds is 3. The quantitative estimate of drug-likeness (QED) is 0.688. The van der Waals surface area contributed by atoms with E-state index in [1.165, 1.54) is 11.8 Å². The molecule has 3 aromatic rings. The second-order valence-electron chi connectivity index (χ2n) is 3.74. The highest BCUT2D eigenvalue weighted by Crippen LogP contribution is 2.32.